The molecular weight excluding hydrogens is 280 g/mol. The lowest BCUT2D eigenvalue weighted by Gasteiger charge is -2.11. The van der Waals surface area contributed by atoms with Crippen LogP contribution < -0.4 is 0 Å². The van der Waals surface area contributed by atoms with Gasteiger partial charge in [0.1, 0.15) is 0 Å². The number of alkyl halides is 2. The molecule has 0 aliphatic heterocycles. The van der Waals surface area contributed by atoms with Gasteiger partial charge in [0.25, 0.3) is 0 Å². The lowest BCUT2D eigenvalue weighted by atomic mass is 9.99. The van der Waals surface area contributed by atoms with Crippen LogP contribution in [0.15, 0.2) is 30.3 Å². The predicted octanol–water partition coefficient (Wildman–Crippen LogP) is 3.95. The van der Waals surface area contributed by atoms with Crippen LogP contribution in [0.5, 0.6) is 0 Å². The molecule has 0 spiro atoms. The Morgan fingerprint density at radius 3 is 2.25 bits per heavy atom. The van der Waals surface area contributed by atoms with Gasteiger partial charge in [-0.15, -0.1) is 0 Å². The fourth-order valence-corrected chi connectivity index (χ4v) is 2.44. The van der Waals surface area contributed by atoms with E-state index in [9.17, 15) is 0 Å². The summed E-state index contributed by atoms with van der Waals surface area (Å²) in [5.41, 5.74) is 1.42. The van der Waals surface area contributed by atoms with Gasteiger partial charge in [0, 0.05) is 10.7 Å². The molecular formula is C10H12Br2. The molecule has 0 saturated heterocycles. The second-order valence-corrected chi connectivity index (χ2v) is 4.18. The average Bonchev–Trinajstić information content (AvgIpc) is 2.15. The van der Waals surface area contributed by atoms with Crippen molar-refractivity contribution in [1.82, 2.24) is 0 Å². The van der Waals surface area contributed by atoms with E-state index in [2.05, 4.69) is 62.2 Å². The summed E-state index contributed by atoms with van der Waals surface area (Å²) < 4.78 is 0. The SMILES string of the molecule is BrCCC(CBr)c1ccccc1. The van der Waals surface area contributed by atoms with E-state index in [1.165, 1.54) is 12.0 Å². The third-order valence-electron chi connectivity index (χ3n) is 1.91. The Morgan fingerprint density at radius 2 is 1.75 bits per heavy atom. The number of hydrogen-bond donors (Lipinski definition) is 0. The zero-order chi connectivity index (χ0) is 8.81. The van der Waals surface area contributed by atoms with E-state index in [1.54, 1.807) is 0 Å². The summed E-state index contributed by atoms with van der Waals surface area (Å²) in [5, 5.41) is 2.11. The fraction of sp³-hybridized carbons (Fsp3) is 0.400. The molecule has 0 heterocycles. The molecule has 0 aliphatic carbocycles. The zero-order valence-corrected chi connectivity index (χ0v) is 10.0. The van der Waals surface area contributed by atoms with E-state index < -0.39 is 0 Å². The van der Waals surface area contributed by atoms with Crippen molar-refractivity contribution < 1.29 is 0 Å². The van der Waals surface area contributed by atoms with Crippen molar-refractivity contribution in [2.45, 2.75) is 12.3 Å². The fourth-order valence-electron chi connectivity index (χ4n) is 1.19. The predicted molar refractivity (Wildman–Crippen MR) is 61.4 cm³/mol. The summed E-state index contributed by atoms with van der Waals surface area (Å²) >= 11 is 7.00. The van der Waals surface area contributed by atoms with Gasteiger partial charge in [-0.1, -0.05) is 62.2 Å². The molecule has 1 atom stereocenters. The molecule has 2 heteroatoms. The first kappa shape index (κ1) is 10.3. The molecule has 0 aliphatic rings. The molecule has 66 valence electrons. The van der Waals surface area contributed by atoms with E-state index in [0.717, 1.165) is 10.7 Å². The van der Waals surface area contributed by atoms with Crippen molar-refractivity contribution in [3.8, 4) is 0 Å². The summed E-state index contributed by atoms with van der Waals surface area (Å²) in [6, 6.07) is 10.6. The summed E-state index contributed by atoms with van der Waals surface area (Å²) in [6.45, 7) is 0. The van der Waals surface area contributed by atoms with Crippen LogP contribution in [0.3, 0.4) is 0 Å². The lowest BCUT2D eigenvalue weighted by molar-refractivity contribution is 0.760. The molecule has 0 nitrogen and oxygen atoms in total. The maximum Gasteiger partial charge on any atom is 0.0100 e. The van der Waals surface area contributed by atoms with Gasteiger partial charge in [0.05, 0.1) is 0 Å². The molecule has 1 aromatic carbocycles. The Hall–Kier alpha value is 0.180. The Labute approximate surface area is 90.6 Å². The van der Waals surface area contributed by atoms with Gasteiger partial charge < -0.3 is 0 Å². The van der Waals surface area contributed by atoms with Gasteiger partial charge in [-0.3, -0.25) is 0 Å². The van der Waals surface area contributed by atoms with Gasteiger partial charge in [0.2, 0.25) is 0 Å². The minimum absolute atomic E-state index is 0.644. The van der Waals surface area contributed by atoms with Gasteiger partial charge >= 0.3 is 0 Å². The molecule has 0 saturated carbocycles. The minimum Gasteiger partial charge on any atom is -0.0928 e. The molecule has 0 fully saturated rings. The van der Waals surface area contributed by atoms with Gasteiger partial charge in [-0.05, 0) is 17.9 Å². The van der Waals surface area contributed by atoms with Crippen molar-refractivity contribution in [3.05, 3.63) is 35.9 Å². The highest BCUT2D eigenvalue weighted by Crippen LogP contribution is 2.22. The van der Waals surface area contributed by atoms with Crippen LogP contribution in [0.1, 0.15) is 17.9 Å². The van der Waals surface area contributed by atoms with Crippen molar-refractivity contribution in [2.75, 3.05) is 10.7 Å². The molecule has 1 unspecified atom stereocenters. The molecule has 0 aromatic heterocycles. The highest BCUT2D eigenvalue weighted by Gasteiger charge is 2.07. The van der Waals surface area contributed by atoms with E-state index in [4.69, 9.17) is 0 Å². The van der Waals surface area contributed by atoms with E-state index in [0.29, 0.717) is 5.92 Å². The maximum absolute atomic E-state index is 3.53. The topological polar surface area (TPSA) is 0 Å². The highest BCUT2D eigenvalue weighted by atomic mass is 79.9. The third kappa shape index (κ3) is 2.91. The van der Waals surface area contributed by atoms with Crippen molar-refractivity contribution in [1.29, 1.82) is 0 Å². The molecule has 1 rings (SSSR count). The number of rotatable bonds is 4. The van der Waals surface area contributed by atoms with Crippen LogP contribution in [0.4, 0.5) is 0 Å². The Bertz CT molecular complexity index is 208. The Kier molecular flexibility index (Phi) is 4.93. The quantitative estimate of drug-likeness (QED) is 0.737. The molecule has 0 amide bonds. The van der Waals surface area contributed by atoms with Gasteiger partial charge in [-0.2, -0.15) is 0 Å². The normalized spacial score (nSPS) is 12.8. The average molecular weight is 292 g/mol. The Balaban J connectivity index is 2.66. The van der Waals surface area contributed by atoms with Crippen molar-refractivity contribution in [3.63, 3.8) is 0 Å². The van der Waals surface area contributed by atoms with Crippen LogP contribution in [0.2, 0.25) is 0 Å². The number of benzene rings is 1. The molecule has 0 N–H and O–H groups in total. The number of halogens is 2. The van der Waals surface area contributed by atoms with Crippen LogP contribution in [0.25, 0.3) is 0 Å². The molecule has 1 aromatic rings. The monoisotopic (exact) mass is 290 g/mol. The molecule has 12 heavy (non-hydrogen) atoms. The van der Waals surface area contributed by atoms with E-state index >= 15 is 0 Å². The number of hydrogen-bond acceptors (Lipinski definition) is 0. The van der Waals surface area contributed by atoms with Crippen LogP contribution in [-0.2, 0) is 0 Å². The first-order valence-electron chi connectivity index (χ1n) is 4.05. The summed E-state index contributed by atoms with van der Waals surface area (Å²) in [5.74, 6) is 0.644. The highest BCUT2D eigenvalue weighted by molar-refractivity contribution is 9.09. The van der Waals surface area contributed by atoms with Crippen LogP contribution in [-0.4, -0.2) is 10.7 Å². The summed E-state index contributed by atoms with van der Waals surface area (Å²) in [4.78, 5) is 0. The van der Waals surface area contributed by atoms with E-state index in [1.807, 2.05) is 0 Å². The largest absolute Gasteiger partial charge is 0.0928 e. The lowest BCUT2D eigenvalue weighted by Crippen LogP contribution is -2.00. The first-order valence-corrected chi connectivity index (χ1v) is 6.29. The van der Waals surface area contributed by atoms with E-state index in [-0.39, 0.29) is 0 Å². The molecule has 0 radical (unpaired) electrons. The summed E-state index contributed by atoms with van der Waals surface area (Å²) in [6.07, 6.45) is 1.19. The Morgan fingerprint density at radius 1 is 1.08 bits per heavy atom. The first-order chi connectivity index (χ1) is 5.88. The van der Waals surface area contributed by atoms with Crippen molar-refractivity contribution >= 4 is 31.9 Å². The van der Waals surface area contributed by atoms with Crippen LogP contribution >= 0.6 is 31.9 Å². The standard InChI is InChI=1S/C10H12Br2/c11-7-6-10(8-12)9-4-2-1-3-5-9/h1-5,10H,6-8H2. The van der Waals surface area contributed by atoms with Gasteiger partial charge in [-0.25, -0.2) is 0 Å². The third-order valence-corrected chi connectivity index (χ3v) is 3.15. The second-order valence-electron chi connectivity index (χ2n) is 2.74. The summed E-state index contributed by atoms with van der Waals surface area (Å²) in [7, 11) is 0. The van der Waals surface area contributed by atoms with Gasteiger partial charge in [0.15, 0.2) is 0 Å². The minimum atomic E-state index is 0.644. The van der Waals surface area contributed by atoms with Crippen molar-refractivity contribution in [2.24, 2.45) is 0 Å². The molecule has 0 bridgehead atoms. The zero-order valence-electron chi connectivity index (χ0n) is 6.84. The van der Waals surface area contributed by atoms with Crippen LogP contribution in [0, 0.1) is 0 Å². The maximum atomic E-state index is 3.53. The smallest absolute Gasteiger partial charge is 0.0100 e. The second kappa shape index (κ2) is 5.76.